The minimum Gasteiger partial charge on any atom is -0.0847 e. The van der Waals surface area contributed by atoms with Gasteiger partial charge in [-0.1, -0.05) is 17.3 Å². The second kappa shape index (κ2) is 1.77. The molecule has 1 fully saturated rings. The van der Waals surface area contributed by atoms with Gasteiger partial charge in [0.2, 0.25) is 0 Å². The maximum Gasteiger partial charge on any atom is 0.0674 e. The summed E-state index contributed by atoms with van der Waals surface area (Å²) in [7, 11) is 0. The van der Waals surface area contributed by atoms with Gasteiger partial charge in [-0.15, -0.1) is 0 Å². The summed E-state index contributed by atoms with van der Waals surface area (Å²) in [4.78, 5) is 2.86. The number of rotatable bonds is 1. The van der Waals surface area contributed by atoms with Crippen molar-refractivity contribution >= 4 is 0 Å². The molecule has 0 amide bonds. The monoisotopic (exact) mass is 135 g/mol. The maximum atomic E-state index is 8.27. The summed E-state index contributed by atoms with van der Waals surface area (Å²) in [6.07, 6.45) is 7.56. The molecule has 3 heteroatoms. The number of hydrogen-bond acceptors (Lipinski definition) is 1. The van der Waals surface area contributed by atoms with Crippen LogP contribution in [0.2, 0.25) is 0 Å². The number of azide groups is 1. The molecular formula is C7H9N3. The normalized spacial score (nSPS) is 41.8. The molecule has 2 bridgehead atoms. The maximum absolute atomic E-state index is 8.27. The van der Waals surface area contributed by atoms with Gasteiger partial charge >= 0.3 is 0 Å². The molecule has 3 nitrogen and oxygen atoms in total. The van der Waals surface area contributed by atoms with Crippen LogP contribution in [0.3, 0.4) is 0 Å². The predicted octanol–water partition coefficient (Wildman–Crippen LogP) is 2.41. The fraction of sp³-hybridized carbons (Fsp3) is 0.714. The lowest BCUT2D eigenvalue weighted by Crippen LogP contribution is -2.14. The topological polar surface area (TPSA) is 48.8 Å². The molecule has 0 N–H and O–H groups in total. The van der Waals surface area contributed by atoms with Crippen LogP contribution < -0.4 is 0 Å². The standard InChI is InChI=1S/C7H9N3/c8-10-9-7-3-1-6(5-7)2-4-7/h1,3,6H,2,4-5H2. The molecule has 2 aliphatic rings. The van der Waals surface area contributed by atoms with Crippen molar-refractivity contribution in [3.05, 3.63) is 22.6 Å². The van der Waals surface area contributed by atoms with E-state index in [4.69, 9.17) is 5.53 Å². The smallest absolute Gasteiger partial charge is 0.0674 e. The van der Waals surface area contributed by atoms with Crippen molar-refractivity contribution in [3.8, 4) is 0 Å². The van der Waals surface area contributed by atoms with Crippen molar-refractivity contribution in [2.75, 3.05) is 0 Å². The Hall–Kier alpha value is -0.950. The molecule has 0 aromatic heterocycles. The molecule has 0 aliphatic heterocycles. The molecule has 2 rings (SSSR count). The van der Waals surface area contributed by atoms with Gasteiger partial charge in [-0.3, -0.25) is 0 Å². The second-order valence-electron chi connectivity index (χ2n) is 3.16. The van der Waals surface area contributed by atoms with E-state index in [1.165, 1.54) is 6.42 Å². The van der Waals surface area contributed by atoms with Crippen LogP contribution in [0, 0.1) is 5.92 Å². The van der Waals surface area contributed by atoms with E-state index in [2.05, 4.69) is 22.2 Å². The number of allylic oxidation sites excluding steroid dienone is 1. The van der Waals surface area contributed by atoms with Crippen molar-refractivity contribution < 1.29 is 0 Å². The summed E-state index contributed by atoms with van der Waals surface area (Å²) in [6.45, 7) is 0. The highest BCUT2D eigenvalue weighted by molar-refractivity contribution is 5.21. The first-order chi connectivity index (χ1) is 4.85. The Bertz CT molecular complexity index is 227. The van der Waals surface area contributed by atoms with Gasteiger partial charge in [-0.2, -0.15) is 0 Å². The molecule has 2 aliphatic carbocycles. The largest absolute Gasteiger partial charge is 0.0847 e. The molecule has 0 aromatic carbocycles. The van der Waals surface area contributed by atoms with Crippen LogP contribution in [0.1, 0.15) is 19.3 Å². The van der Waals surface area contributed by atoms with Crippen LogP contribution in [0.4, 0.5) is 0 Å². The summed E-state index contributed by atoms with van der Waals surface area (Å²) in [5.74, 6) is 0.700. The molecule has 0 heterocycles. The Balaban J connectivity index is 2.32. The van der Waals surface area contributed by atoms with Crippen LogP contribution in [-0.2, 0) is 0 Å². The van der Waals surface area contributed by atoms with Crippen molar-refractivity contribution in [1.29, 1.82) is 0 Å². The average molecular weight is 135 g/mol. The number of hydrogen-bond donors (Lipinski definition) is 0. The lowest BCUT2D eigenvalue weighted by Gasteiger charge is -2.13. The van der Waals surface area contributed by atoms with E-state index < -0.39 is 0 Å². The van der Waals surface area contributed by atoms with E-state index in [0.29, 0.717) is 5.92 Å². The highest BCUT2D eigenvalue weighted by atomic mass is 15.2. The van der Waals surface area contributed by atoms with Crippen molar-refractivity contribution in [3.63, 3.8) is 0 Å². The molecule has 0 spiro atoms. The number of fused-ring (bicyclic) bond motifs is 2. The lowest BCUT2D eigenvalue weighted by atomic mass is 10.0. The Kier molecular flexibility index (Phi) is 1.03. The summed E-state index contributed by atoms with van der Waals surface area (Å²) >= 11 is 0. The molecule has 10 heavy (non-hydrogen) atoms. The third kappa shape index (κ3) is 0.642. The zero-order valence-electron chi connectivity index (χ0n) is 5.70. The van der Waals surface area contributed by atoms with E-state index in [1.54, 1.807) is 0 Å². The van der Waals surface area contributed by atoms with Gasteiger partial charge < -0.3 is 0 Å². The summed E-state index contributed by atoms with van der Waals surface area (Å²) < 4.78 is 0. The zero-order valence-corrected chi connectivity index (χ0v) is 5.70. The molecule has 0 saturated heterocycles. The molecule has 2 unspecified atom stereocenters. The summed E-state index contributed by atoms with van der Waals surface area (Å²) in [5, 5.41) is 3.81. The molecule has 52 valence electrons. The number of nitrogens with zero attached hydrogens (tertiary/aromatic N) is 3. The minimum absolute atomic E-state index is 0.112. The van der Waals surface area contributed by atoms with Gasteiger partial charge in [0.15, 0.2) is 0 Å². The van der Waals surface area contributed by atoms with E-state index in [9.17, 15) is 0 Å². The third-order valence-corrected chi connectivity index (χ3v) is 2.49. The minimum atomic E-state index is -0.112. The summed E-state index contributed by atoms with van der Waals surface area (Å²) in [6, 6.07) is 0. The highest BCUT2D eigenvalue weighted by Gasteiger charge is 2.39. The second-order valence-corrected chi connectivity index (χ2v) is 3.16. The molecular weight excluding hydrogens is 126 g/mol. The SMILES string of the molecule is [N-]=[N+]=NC12C=CC(CC1)C2. The Morgan fingerprint density at radius 2 is 2.60 bits per heavy atom. The first kappa shape index (κ1) is 5.81. The van der Waals surface area contributed by atoms with Crippen LogP contribution >= 0.6 is 0 Å². The molecule has 1 saturated carbocycles. The fourth-order valence-corrected chi connectivity index (χ4v) is 1.94. The van der Waals surface area contributed by atoms with Crippen molar-refractivity contribution in [2.45, 2.75) is 24.8 Å². The van der Waals surface area contributed by atoms with Gasteiger partial charge in [-0.05, 0) is 30.7 Å². The van der Waals surface area contributed by atoms with Crippen LogP contribution in [-0.4, -0.2) is 5.54 Å². The van der Waals surface area contributed by atoms with Crippen molar-refractivity contribution in [2.24, 2.45) is 11.0 Å². The predicted molar refractivity (Wildman–Crippen MR) is 38.4 cm³/mol. The van der Waals surface area contributed by atoms with Gasteiger partial charge in [-0.25, -0.2) is 0 Å². The van der Waals surface area contributed by atoms with Crippen LogP contribution in [0.5, 0.6) is 0 Å². The molecule has 0 radical (unpaired) electrons. The lowest BCUT2D eigenvalue weighted by molar-refractivity contribution is 0.555. The quantitative estimate of drug-likeness (QED) is 0.229. The Morgan fingerprint density at radius 1 is 1.70 bits per heavy atom. The third-order valence-electron chi connectivity index (χ3n) is 2.49. The van der Waals surface area contributed by atoms with E-state index in [-0.39, 0.29) is 5.54 Å². The van der Waals surface area contributed by atoms with Crippen LogP contribution in [0.25, 0.3) is 10.4 Å². The van der Waals surface area contributed by atoms with Gasteiger partial charge in [0.05, 0.1) is 5.54 Å². The first-order valence-corrected chi connectivity index (χ1v) is 3.60. The summed E-state index contributed by atoms with van der Waals surface area (Å²) in [5.41, 5.74) is 8.15. The molecule has 2 atom stereocenters. The van der Waals surface area contributed by atoms with Crippen LogP contribution in [0.15, 0.2) is 17.3 Å². The fourth-order valence-electron chi connectivity index (χ4n) is 1.94. The highest BCUT2D eigenvalue weighted by Crippen LogP contribution is 2.44. The average Bonchev–Trinajstić information content (AvgIpc) is 2.46. The van der Waals surface area contributed by atoms with Gasteiger partial charge in [0.25, 0.3) is 0 Å². The van der Waals surface area contributed by atoms with E-state index >= 15 is 0 Å². The van der Waals surface area contributed by atoms with E-state index in [1.807, 2.05) is 0 Å². The van der Waals surface area contributed by atoms with Gasteiger partial charge in [0.1, 0.15) is 0 Å². The Morgan fingerprint density at radius 3 is 3.00 bits per heavy atom. The van der Waals surface area contributed by atoms with Crippen molar-refractivity contribution in [1.82, 2.24) is 0 Å². The molecule has 0 aromatic rings. The van der Waals surface area contributed by atoms with E-state index in [0.717, 1.165) is 12.8 Å². The Labute approximate surface area is 59.4 Å². The first-order valence-electron chi connectivity index (χ1n) is 3.60. The van der Waals surface area contributed by atoms with Gasteiger partial charge in [0, 0.05) is 4.91 Å². The zero-order chi connectivity index (χ0) is 7.03.